The average molecular weight is 358 g/mol. The first kappa shape index (κ1) is 20.2. The first-order valence-corrected chi connectivity index (χ1v) is 4.21. The van der Waals surface area contributed by atoms with Gasteiger partial charge in [-0.15, -0.1) is 0 Å². The maximum Gasteiger partial charge on any atom is 0.465 e. The summed E-state index contributed by atoms with van der Waals surface area (Å²) in [7, 11) is 0. The fourth-order valence-electron chi connectivity index (χ4n) is 0.426. The molecule has 0 aliphatic rings. The third-order valence-electron chi connectivity index (χ3n) is 1.47. The Morgan fingerprint density at radius 2 is 0.773 bits per heavy atom. The second kappa shape index (κ2) is 6.11. The molecular formula is C6F10O6. The molecule has 6 nitrogen and oxygen atoms in total. The predicted octanol–water partition coefficient (Wildman–Crippen LogP) is 2.25. The van der Waals surface area contributed by atoms with Crippen molar-refractivity contribution in [2.75, 3.05) is 0 Å². The Morgan fingerprint density at radius 1 is 0.545 bits per heavy atom. The van der Waals surface area contributed by atoms with Crippen LogP contribution in [-0.4, -0.2) is 36.1 Å². The van der Waals surface area contributed by atoms with Crippen LogP contribution in [0, 0.1) is 0 Å². The van der Waals surface area contributed by atoms with Crippen LogP contribution >= 0.6 is 0 Å². The standard InChI is InChI=1S/C6F10O6/c7-3(8,5(11,12)13)1(17)19-21-22-20-2(18)4(9,10)6(14,15)16. The molecule has 130 valence electrons. The van der Waals surface area contributed by atoms with Crippen molar-refractivity contribution in [3.8, 4) is 0 Å². The summed E-state index contributed by atoms with van der Waals surface area (Å²) in [6.07, 6.45) is -12.9. The summed E-state index contributed by atoms with van der Waals surface area (Å²) in [6, 6.07) is 0. The van der Waals surface area contributed by atoms with E-state index in [0.29, 0.717) is 0 Å². The van der Waals surface area contributed by atoms with Crippen molar-refractivity contribution in [2.24, 2.45) is 0 Å². The minimum atomic E-state index is -6.44. The van der Waals surface area contributed by atoms with Crippen LogP contribution in [0.1, 0.15) is 0 Å². The number of carbonyl (C=O) groups is 2. The van der Waals surface area contributed by atoms with E-state index < -0.39 is 36.1 Å². The molecule has 0 spiro atoms. The minimum Gasteiger partial charge on any atom is -0.259 e. The third-order valence-corrected chi connectivity index (χ3v) is 1.47. The molecule has 0 aromatic rings. The average Bonchev–Trinajstić information content (AvgIpc) is 2.30. The van der Waals surface area contributed by atoms with Crippen molar-refractivity contribution in [3.63, 3.8) is 0 Å². The Labute approximate surface area is 111 Å². The summed E-state index contributed by atoms with van der Waals surface area (Å²) in [5.74, 6) is -19.2. The maximum absolute atomic E-state index is 12.1. The highest BCUT2D eigenvalue weighted by atomic mass is 19.4. The van der Waals surface area contributed by atoms with Gasteiger partial charge in [-0.3, -0.25) is 9.78 Å². The topological polar surface area (TPSA) is 71.1 Å². The van der Waals surface area contributed by atoms with Crippen LogP contribution in [0.4, 0.5) is 43.9 Å². The first-order valence-electron chi connectivity index (χ1n) is 4.21. The van der Waals surface area contributed by atoms with E-state index in [0.717, 1.165) is 0 Å². The summed E-state index contributed by atoms with van der Waals surface area (Å²) in [5, 5.41) is 5.16. The first-order chi connectivity index (χ1) is 9.55. The zero-order chi connectivity index (χ0) is 18.0. The Kier molecular flexibility index (Phi) is 5.60. The second-order valence-electron chi connectivity index (χ2n) is 3.02. The predicted molar refractivity (Wildman–Crippen MR) is 36.4 cm³/mol. The zero-order valence-corrected chi connectivity index (χ0v) is 9.23. The molecule has 0 N–H and O–H groups in total. The van der Waals surface area contributed by atoms with Gasteiger partial charge in [0.05, 0.1) is 0 Å². The summed E-state index contributed by atoms with van der Waals surface area (Å²) < 4.78 is 118. The molecule has 0 bridgehead atoms. The molecule has 0 heterocycles. The largest absolute Gasteiger partial charge is 0.465 e. The van der Waals surface area contributed by atoms with Gasteiger partial charge in [0.15, 0.2) is 0 Å². The van der Waals surface area contributed by atoms with Gasteiger partial charge in [-0.1, -0.05) is 0 Å². The van der Waals surface area contributed by atoms with Crippen molar-refractivity contribution >= 4 is 11.9 Å². The van der Waals surface area contributed by atoms with Gasteiger partial charge in [0.1, 0.15) is 0 Å². The molecule has 0 aliphatic carbocycles. The SMILES string of the molecule is O=C(OOOOC(=O)C(F)(F)C(F)(F)F)C(F)(F)C(F)(F)F. The van der Waals surface area contributed by atoms with Gasteiger partial charge in [-0.2, -0.15) is 43.9 Å². The summed E-state index contributed by atoms with van der Waals surface area (Å²) in [6.45, 7) is 0. The second-order valence-corrected chi connectivity index (χ2v) is 3.02. The number of carbonyl (C=O) groups excluding carboxylic acids is 2. The molecule has 0 saturated carbocycles. The van der Waals surface area contributed by atoms with Crippen LogP contribution in [0.5, 0.6) is 0 Å². The van der Waals surface area contributed by atoms with E-state index in [1.54, 1.807) is 0 Å². The molecule has 0 aromatic heterocycles. The van der Waals surface area contributed by atoms with Crippen molar-refractivity contribution < 1.29 is 73.3 Å². The molecule has 22 heavy (non-hydrogen) atoms. The van der Waals surface area contributed by atoms with Crippen LogP contribution < -0.4 is 0 Å². The Morgan fingerprint density at radius 3 is 0.955 bits per heavy atom. The normalized spacial score (nSPS) is 13.7. The van der Waals surface area contributed by atoms with Gasteiger partial charge in [0, 0.05) is 10.1 Å². The van der Waals surface area contributed by atoms with E-state index in [-0.39, 0.29) is 0 Å². The Balaban J connectivity index is 4.42. The Bertz CT molecular complexity index is 385. The molecule has 0 aliphatic heterocycles. The highest BCUT2D eigenvalue weighted by Crippen LogP contribution is 2.37. The minimum absolute atomic E-state index is 2.55. The van der Waals surface area contributed by atoms with E-state index in [9.17, 15) is 53.5 Å². The van der Waals surface area contributed by atoms with E-state index in [2.05, 4.69) is 19.9 Å². The van der Waals surface area contributed by atoms with Crippen molar-refractivity contribution in [1.29, 1.82) is 0 Å². The van der Waals surface area contributed by atoms with Crippen molar-refractivity contribution in [2.45, 2.75) is 24.2 Å². The lowest BCUT2D eigenvalue weighted by Gasteiger charge is -2.17. The van der Waals surface area contributed by atoms with Crippen molar-refractivity contribution in [1.82, 2.24) is 0 Å². The van der Waals surface area contributed by atoms with Crippen LogP contribution in [0.3, 0.4) is 0 Å². The molecule has 0 radical (unpaired) electrons. The molecule has 16 heteroatoms. The molecule has 0 amide bonds. The van der Waals surface area contributed by atoms with E-state index in [4.69, 9.17) is 0 Å². The van der Waals surface area contributed by atoms with Gasteiger partial charge < -0.3 is 0 Å². The maximum atomic E-state index is 12.1. The molecule has 0 fully saturated rings. The van der Waals surface area contributed by atoms with Gasteiger partial charge in [-0.05, 0) is 0 Å². The van der Waals surface area contributed by atoms with Gasteiger partial charge in [0.2, 0.25) is 0 Å². The fraction of sp³-hybridized carbons (Fsp3) is 0.667. The lowest BCUT2D eigenvalue weighted by Crippen LogP contribution is -2.46. The van der Waals surface area contributed by atoms with Crippen LogP contribution in [0.15, 0.2) is 0 Å². The van der Waals surface area contributed by atoms with Crippen molar-refractivity contribution in [3.05, 3.63) is 0 Å². The highest BCUT2D eigenvalue weighted by Gasteiger charge is 2.67. The van der Waals surface area contributed by atoms with E-state index >= 15 is 0 Å². The highest BCUT2D eigenvalue weighted by molar-refractivity contribution is 5.78. The number of hydrogen-bond donors (Lipinski definition) is 0. The number of alkyl halides is 10. The molecule has 0 aromatic carbocycles. The quantitative estimate of drug-likeness (QED) is 0.325. The van der Waals surface area contributed by atoms with E-state index in [1.807, 2.05) is 0 Å². The van der Waals surface area contributed by atoms with E-state index in [1.165, 1.54) is 0 Å². The summed E-state index contributed by atoms with van der Waals surface area (Å²) >= 11 is 0. The van der Waals surface area contributed by atoms with Crippen LogP contribution in [-0.2, 0) is 29.4 Å². The van der Waals surface area contributed by atoms with Crippen LogP contribution in [0.2, 0.25) is 0 Å². The monoisotopic (exact) mass is 358 g/mol. The van der Waals surface area contributed by atoms with Gasteiger partial charge in [-0.25, -0.2) is 9.59 Å². The van der Waals surface area contributed by atoms with Gasteiger partial charge in [0.25, 0.3) is 0 Å². The molecular weight excluding hydrogens is 358 g/mol. The summed E-state index contributed by atoms with van der Waals surface area (Å²) in [5.41, 5.74) is 0. The number of hydrogen-bond acceptors (Lipinski definition) is 6. The smallest absolute Gasteiger partial charge is 0.259 e. The molecule has 0 saturated heterocycles. The third kappa shape index (κ3) is 4.33. The van der Waals surface area contributed by atoms with Crippen LogP contribution in [0.25, 0.3) is 0 Å². The lowest BCUT2D eigenvalue weighted by atomic mass is 10.3. The van der Waals surface area contributed by atoms with Gasteiger partial charge >= 0.3 is 36.1 Å². The Hall–Kier alpha value is -1.84. The number of halogens is 10. The lowest BCUT2D eigenvalue weighted by molar-refractivity contribution is -0.605. The molecule has 0 unspecified atom stereocenters. The number of rotatable bonds is 5. The molecule has 0 atom stereocenters. The fourth-order valence-corrected chi connectivity index (χ4v) is 0.426. The summed E-state index contributed by atoms with van der Waals surface area (Å²) in [4.78, 5) is 25.4. The zero-order valence-electron chi connectivity index (χ0n) is 9.23. The molecule has 0 rings (SSSR count).